The molecular weight excluding hydrogens is 295 g/mol. The predicted molar refractivity (Wildman–Crippen MR) is 77.2 cm³/mol. The second kappa shape index (κ2) is 5.25. The maximum atomic E-state index is 12.1. The van der Waals surface area contributed by atoms with E-state index >= 15 is 0 Å². The zero-order valence-corrected chi connectivity index (χ0v) is 11.5. The molecule has 0 amide bonds. The summed E-state index contributed by atoms with van der Waals surface area (Å²) in [6.45, 7) is 1.98. The lowest BCUT2D eigenvalue weighted by molar-refractivity contribution is -0.274. The van der Waals surface area contributed by atoms with E-state index in [9.17, 15) is 13.2 Å². The molecule has 0 saturated carbocycles. The highest BCUT2D eigenvalue weighted by Crippen LogP contribution is 2.25. The van der Waals surface area contributed by atoms with E-state index in [1.807, 2.05) is 25.1 Å². The number of imidazole rings is 1. The number of hydrogen-bond donors (Lipinski definition) is 2. The Morgan fingerprint density at radius 3 is 2.50 bits per heavy atom. The van der Waals surface area contributed by atoms with Gasteiger partial charge < -0.3 is 15.0 Å². The van der Waals surface area contributed by atoms with Crippen LogP contribution in [0.5, 0.6) is 5.75 Å². The lowest BCUT2D eigenvalue weighted by atomic mass is 10.2. The second-order valence-corrected chi connectivity index (χ2v) is 4.80. The molecule has 0 saturated heterocycles. The Labute approximate surface area is 123 Å². The molecule has 0 aliphatic carbocycles. The van der Waals surface area contributed by atoms with Crippen molar-refractivity contribution in [1.29, 1.82) is 0 Å². The van der Waals surface area contributed by atoms with Gasteiger partial charge in [-0.2, -0.15) is 0 Å². The van der Waals surface area contributed by atoms with Crippen molar-refractivity contribution in [2.45, 2.75) is 13.3 Å². The molecule has 22 heavy (non-hydrogen) atoms. The van der Waals surface area contributed by atoms with Gasteiger partial charge in [0.1, 0.15) is 5.75 Å². The van der Waals surface area contributed by atoms with E-state index in [2.05, 4.69) is 20.0 Å². The van der Waals surface area contributed by atoms with Crippen LogP contribution in [0.3, 0.4) is 0 Å². The first-order valence-electron chi connectivity index (χ1n) is 6.48. The molecular formula is C15H12F3N3O. The van der Waals surface area contributed by atoms with E-state index in [0.29, 0.717) is 11.6 Å². The zero-order valence-electron chi connectivity index (χ0n) is 11.5. The number of benzene rings is 2. The minimum atomic E-state index is -4.69. The summed E-state index contributed by atoms with van der Waals surface area (Å²) < 4.78 is 40.1. The van der Waals surface area contributed by atoms with Gasteiger partial charge in [0.05, 0.1) is 11.0 Å². The van der Waals surface area contributed by atoms with Gasteiger partial charge in [0, 0.05) is 5.69 Å². The normalized spacial score (nSPS) is 11.6. The fraction of sp³-hybridized carbons (Fsp3) is 0.133. The maximum absolute atomic E-state index is 12.1. The molecule has 1 heterocycles. The molecule has 0 atom stereocenters. The van der Waals surface area contributed by atoms with E-state index in [1.54, 1.807) is 0 Å². The Morgan fingerprint density at radius 1 is 1.09 bits per heavy atom. The van der Waals surface area contributed by atoms with Crippen molar-refractivity contribution < 1.29 is 17.9 Å². The molecule has 0 fully saturated rings. The number of halogens is 3. The Bertz CT molecular complexity index is 794. The minimum Gasteiger partial charge on any atom is -0.406 e. The molecule has 3 rings (SSSR count). The van der Waals surface area contributed by atoms with Crippen LogP contribution in [0.2, 0.25) is 0 Å². The summed E-state index contributed by atoms with van der Waals surface area (Å²) in [5.41, 5.74) is 3.41. The third kappa shape index (κ3) is 3.30. The molecule has 2 aromatic carbocycles. The van der Waals surface area contributed by atoms with Crippen LogP contribution >= 0.6 is 0 Å². The van der Waals surface area contributed by atoms with Gasteiger partial charge in [-0.25, -0.2) is 4.98 Å². The Balaban J connectivity index is 1.77. The standard InChI is InChI=1S/C15H12F3N3O/c1-9-2-7-12-13(8-9)21-14(20-12)19-10-3-5-11(6-4-10)22-15(16,17)18/h2-8H,1H3,(H2,19,20,21). The predicted octanol–water partition coefficient (Wildman–Crippen LogP) is 4.51. The number of fused-ring (bicyclic) bond motifs is 1. The fourth-order valence-electron chi connectivity index (χ4n) is 2.06. The monoisotopic (exact) mass is 307 g/mol. The van der Waals surface area contributed by atoms with Crippen LogP contribution in [-0.2, 0) is 0 Å². The number of nitrogens with one attached hydrogen (secondary N) is 2. The van der Waals surface area contributed by atoms with Crippen LogP contribution in [-0.4, -0.2) is 16.3 Å². The third-order valence-electron chi connectivity index (χ3n) is 2.99. The van der Waals surface area contributed by atoms with Crippen LogP contribution in [0.15, 0.2) is 42.5 Å². The molecule has 1 aromatic heterocycles. The smallest absolute Gasteiger partial charge is 0.406 e. The van der Waals surface area contributed by atoms with E-state index in [4.69, 9.17) is 0 Å². The fourth-order valence-corrected chi connectivity index (χ4v) is 2.06. The van der Waals surface area contributed by atoms with Crippen molar-refractivity contribution >= 4 is 22.7 Å². The second-order valence-electron chi connectivity index (χ2n) is 4.80. The number of nitrogens with zero attached hydrogens (tertiary/aromatic N) is 1. The maximum Gasteiger partial charge on any atom is 0.573 e. The molecule has 0 radical (unpaired) electrons. The number of anilines is 2. The zero-order chi connectivity index (χ0) is 15.7. The van der Waals surface area contributed by atoms with Gasteiger partial charge in [0.25, 0.3) is 0 Å². The Kier molecular flexibility index (Phi) is 3.40. The topological polar surface area (TPSA) is 49.9 Å². The summed E-state index contributed by atoms with van der Waals surface area (Å²) in [6, 6.07) is 11.3. The molecule has 0 aliphatic heterocycles. The summed E-state index contributed by atoms with van der Waals surface area (Å²) in [4.78, 5) is 7.46. The largest absolute Gasteiger partial charge is 0.573 e. The highest BCUT2D eigenvalue weighted by Gasteiger charge is 2.30. The molecule has 0 bridgehead atoms. The number of H-pyrrole nitrogens is 1. The van der Waals surface area contributed by atoms with Crippen LogP contribution in [0, 0.1) is 6.92 Å². The van der Waals surface area contributed by atoms with E-state index in [1.165, 1.54) is 24.3 Å². The lowest BCUT2D eigenvalue weighted by Gasteiger charge is -2.09. The van der Waals surface area contributed by atoms with Gasteiger partial charge in [-0.3, -0.25) is 0 Å². The number of ether oxygens (including phenoxy) is 1. The first kappa shape index (κ1) is 14.2. The summed E-state index contributed by atoms with van der Waals surface area (Å²) in [5, 5.41) is 3.00. The quantitative estimate of drug-likeness (QED) is 0.748. The van der Waals surface area contributed by atoms with Crippen molar-refractivity contribution in [3.05, 3.63) is 48.0 Å². The van der Waals surface area contributed by atoms with Crippen LogP contribution in [0.1, 0.15) is 5.56 Å². The number of aromatic nitrogens is 2. The van der Waals surface area contributed by atoms with Gasteiger partial charge in [-0.05, 0) is 48.9 Å². The first-order chi connectivity index (χ1) is 10.4. The van der Waals surface area contributed by atoms with Crippen LogP contribution < -0.4 is 10.1 Å². The third-order valence-corrected chi connectivity index (χ3v) is 2.99. The van der Waals surface area contributed by atoms with Gasteiger partial charge in [0.2, 0.25) is 5.95 Å². The first-order valence-corrected chi connectivity index (χ1v) is 6.48. The molecule has 114 valence electrons. The van der Waals surface area contributed by atoms with Crippen molar-refractivity contribution in [3.63, 3.8) is 0 Å². The van der Waals surface area contributed by atoms with Crippen LogP contribution in [0.25, 0.3) is 11.0 Å². The van der Waals surface area contributed by atoms with E-state index in [0.717, 1.165) is 16.6 Å². The number of hydrogen-bond acceptors (Lipinski definition) is 3. The van der Waals surface area contributed by atoms with Gasteiger partial charge in [-0.1, -0.05) is 6.07 Å². The number of aryl methyl sites for hydroxylation is 1. The summed E-state index contributed by atoms with van der Waals surface area (Å²) >= 11 is 0. The average molecular weight is 307 g/mol. The average Bonchev–Trinajstić information content (AvgIpc) is 2.80. The molecule has 0 spiro atoms. The van der Waals surface area contributed by atoms with Gasteiger partial charge in [0.15, 0.2) is 0 Å². The number of aromatic amines is 1. The van der Waals surface area contributed by atoms with Crippen molar-refractivity contribution in [2.75, 3.05) is 5.32 Å². The highest BCUT2D eigenvalue weighted by atomic mass is 19.4. The highest BCUT2D eigenvalue weighted by molar-refractivity contribution is 5.79. The molecule has 0 unspecified atom stereocenters. The molecule has 0 aliphatic rings. The van der Waals surface area contributed by atoms with Gasteiger partial charge in [-0.15, -0.1) is 13.2 Å². The molecule has 2 N–H and O–H groups in total. The Morgan fingerprint density at radius 2 is 1.82 bits per heavy atom. The number of rotatable bonds is 3. The summed E-state index contributed by atoms with van der Waals surface area (Å²) in [5.74, 6) is 0.253. The summed E-state index contributed by atoms with van der Waals surface area (Å²) in [7, 11) is 0. The molecule has 4 nitrogen and oxygen atoms in total. The lowest BCUT2D eigenvalue weighted by Crippen LogP contribution is -2.16. The van der Waals surface area contributed by atoms with Gasteiger partial charge >= 0.3 is 6.36 Å². The SMILES string of the molecule is Cc1ccc2nc(Nc3ccc(OC(F)(F)F)cc3)[nH]c2c1. The van der Waals surface area contributed by atoms with Crippen molar-refractivity contribution in [3.8, 4) is 5.75 Å². The molecule has 7 heteroatoms. The molecule has 3 aromatic rings. The number of alkyl halides is 3. The van der Waals surface area contributed by atoms with Crippen molar-refractivity contribution in [2.24, 2.45) is 0 Å². The van der Waals surface area contributed by atoms with E-state index < -0.39 is 6.36 Å². The summed E-state index contributed by atoms with van der Waals surface area (Å²) in [6.07, 6.45) is -4.69. The van der Waals surface area contributed by atoms with Crippen LogP contribution in [0.4, 0.5) is 24.8 Å². The minimum absolute atomic E-state index is 0.265. The van der Waals surface area contributed by atoms with E-state index in [-0.39, 0.29) is 5.75 Å². The Hall–Kier alpha value is -2.70. The van der Waals surface area contributed by atoms with Crippen molar-refractivity contribution in [1.82, 2.24) is 9.97 Å².